The molecule has 0 radical (unpaired) electrons. The molecular formula is C18H26N2. The van der Waals surface area contributed by atoms with Crippen molar-refractivity contribution in [3.8, 4) is 0 Å². The number of aryl methyl sites for hydroxylation is 1. The maximum Gasteiger partial charge on any atom is 0.0350 e. The van der Waals surface area contributed by atoms with Crippen molar-refractivity contribution < 1.29 is 0 Å². The van der Waals surface area contributed by atoms with Crippen molar-refractivity contribution in [1.82, 2.24) is 4.90 Å². The number of hydrogen-bond acceptors (Lipinski definition) is 2. The van der Waals surface area contributed by atoms with Gasteiger partial charge in [0.15, 0.2) is 0 Å². The molecule has 1 aliphatic heterocycles. The van der Waals surface area contributed by atoms with E-state index in [0.717, 1.165) is 42.2 Å². The molecule has 20 heavy (non-hydrogen) atoms. The summed E-state index contributed by atoms with van der Waals surface area (Å²) in [5.74, 6) is 0.729. The fourth-order valence-corrected chi connectivity index (χ4v) is 2.83. The summed E-state index contributed by atoms with van der Waals surface area (Å²) in [6.45, 7) is 13.9. The molecule has 2 nitrogen and oxygen atoms in total. The van der Waals surface area contributed by atoms with Crippen LogP contribution in [0.15, 0.2) is 24.8 Å². The zero-order valence-electron chi connectivity index (χ0n) is 12.9. The van der Waals surface area contributed by atoms with Crippen molar-refractivity contribution in [2.75, 3.05) is 25.4 Å². The van der Waals surface area contributed by atoms with Gasteiger partial charge in [-0.3, -0.25) is 4.90 Å². The number of nitrogens with zero attached hydrogens (tertiary/aromatic N) is 1. The molecule has 2 rings (SSSR count). The number of anilines is 1. The van der Waals surface area contributed by atoms with Gasteiger partial charge in [0.2, 0.25) is 0 Å². The van der Waals surface area contributed by atoms with E-state index < -0.39 is 0 Å². The highest BCUT2D eigenvalue weighted by atomic mass is 15.1. The first kappa shape index (κ1) is 14.9. The van der Waals surface area contributed by atoms with E-state index in [1.165, 1.54) is 17.7 Å². The van der Waals surface area contributed by atoms with Crippen LogP contribution in [0.5, 0.6) is 0 Å². The van der Waals surface area contributed by atoms with E-state index in [1.54, 1.807) is 0 Å². The van der Waals surface area contributed by atoms with E-state index in [1.807, 2.05) is 12.1 Å². The van der Waals surface area contributed by atoms with Crippen LogP contribution in [-0.4, -0.2) is 24.5 Å². The van der Waals surface area contributed by atoms with Gasteiger partial charge in [-0.05, 0) is 53.7 Å². The van der Waals surface area contributed by atoms with Crippen LogP contribution < -0.4 is 5.73 Å². The van der Waals surface area contributed by atoms with Gasteiger partial charge in [-0.1, -0.05) is 32.6 Å². The van der Waals surface area contributed by atoms with Gasteiger partial charge in [-0.2, -0.15) is 0 Å². The molecule has 108 valence electrons. The molecule has 0 spiro atoms. The summed E-state index contributed by atoms with van der Waals surface area (Å²) in [5.41, 5.74) is 11.9. The molecule has 1 aromatic rings. The van der Waals surface area contributed by atoms with Crippen molar-refractivity contribution in [3.05, 3.63) is 41.5 Å². The number of nitrogen functional groups attached to an aromatic ring is 1. The number of nitrogens with two attached hydrogens (primary N) is 1. The largest absolute Gasteiger partial charge is 0.398 e. The van der Waals surface area contributed by atoms with Gasteiger partial charge in [-0.15, -0.1) is 0 Å². The molecule has 0 atom stereocenters. The van der Waals surface area contributed by atoms with E-state index in [-0.39, 0.29) is 0 Å². The Morgan fingerprint density at radius 1 is 1.40 bits per heavy atom. The molecule has 0 fully saturated rings. The minimum Gasteiger partial charge on any atom is -0.398 e. The van der Waals surface area contributed by atoms with Gasteiger partial charge in [0.1, 0.15) is 0 Å². The van der Waals surface area contributed by atoms with Crippen LogP contribution in [0.1, 0.15) is 37.0 Å². The van der Waals surface area contributed by atoms with Crippen molar-refractivity contribution in [3.63, 3.8) is 0 Å². The Morgan fingerprint density at radius 3 is 2.70 bits per heavy atom. The Balaban J connectivity index is 2.23. The van der Waals surface area contributed by atoms with Gasteiger partial charge < -0.3 is 5.73 Å². The third kappa shape index (κ3) is 3.31. The first-order chi connectivity index (χ1) is 9.51. The molecule has 2 N–H and O–H groups in total. The van der Waals surface area contributed by atoms with E-state index in [2.05, 4.69) is 44.4 Å². The maximum absolute atomic E-state index is 6.00. The van der Waals surface area contributed by atoms with Crippen molar-refractivity contribution in [2.45, 2.75) is 27.2 Å². The quantitative estimate of drug-likeness (QED) is 0.839. The number of benzene rings is 1. The zero-order valence-corrected chi connectivity index (χ0v) is 12.9. The Morgan fingerprint density at radius 2 is 2.15 bits per heavy atom. The molecule has 0 bridgehead atoms. The van der Waals surface area contributed by atoms with Crippen LogP contribution in [0.3, 0.4) is 0 Å². The lowest BCUT2D eigenvalue weighted by molar-refractivity contribution is 0.268. The lowest BCUT2D eigenvalue weighted by Gasteiger charge is -2.28. The molecule has 1 heterocycles. The minimum absolute atomic E-state index is 0.729. The average Bonchev–Trinajstić information content (AvgIpc) is 2.41. The molecule has 1 aliphatic rings. The second kappa shape index (κ2) is 6.27. The number of rotatable bonds is 4. The standard InChI is InChI=1S/C18H26N2/c1-5-15-11-18(19)14(4)10-17(15)16-6-8-20(9-7-16)12-13(2)3/h5-6,10-11,13H,1,7-9,12,19H2,2-4H3. The first-order valence-corrected chi connectivity index (χ1v) is 7.45. The fraction of sp³-hybridized carbons (Fsp3) is 0.444. The highest BCUT2D eigenvalue weighted by molar-refractivity contribution is 5.77. The summed E-state index contributed by atoms with van der Waals surface area (Å²) >= 11 is 0. The van der Waals surface area contributed by atoms with Gasteiger partial charge in [0, 0.05) is 25.3 Å². The first-order valence-electron chi connectivity index (χ1n) is 7.45. The van der Waals surface area contributed by atoms with Crippen molar-refractivity contribution in [1.29, 1.82) is 0 Å². The maximum atomic E-state index is 6.00. The van der Waals surface area contributed by atoms with E-state index in [9.17, 15) is 0 Å². The Kier molecular flexibility index (Phi) is 4.66. The van der Waals surface area contributed by atoms with Crippen molar-refractivity contribution >= 4 is 17.3 Å². The monoisotopic (exact) mass is 270 g/mol. The van der Waals surface area contributed by atoms with Crippen LogP contribution in [-0.2, 0) is 0 Å². The average molecular weight is 270 g/mol. The van der Waals surface area contributed by atoms with Gasteiger partial charge >= 0.3 is 0 Å². The lowest BCUT2D eigenvalue weighted by Crippen LogP contribution is -2.31. The highest BCUT2D eigenvalue weighted by Crippen LogP contribution is 2.29. The van der Waals surface area contributed by atoms with Gasteiger partial charge in [0.25, 0.3) is 0 Å². The predicted octanol–water partition coefficient (Wildman–Crippen LogP) is 3.97. The summed E-state index contributed by atoms with van der Waals surface area (Å²) < 4.78 is 0. The smallest absolute Gasteiger partial charge is 0.0350 e. The Bertz CT molecular complexity index is 526. The van der Waals surface area contributed by atoms with Crippen molar-refractivity contribution in [2.24, 2.45) is 5.92 Å². The summed E-state index contributed by atoms with van der Waals surface area (Å²) in [6.07, 6.45) is 5.38. The van der Waals surface area contributed by atoms with E-state index in [4.69, 9.17) is 5.73 Å². The normalized spacial score (nSPS) is 16.3. The van der Waals surface area contributed by atoms with E-state index in [0.29, 0.717) is 0 Å². The summed E-state index contributed by atoms with van der Waals surface area (Å²) in [5, 5.41) is 0. The zero-order chi connectivity index (χ0) is 14.7. The third-order valence-electron chi connectivity index (χ3n) is 3.92. The molecule has 0 aromatic heterocycles. The Hall–Kier alpha value is -1.54. The van der Waals surface area contributed by atoms with Gasteiger partial charge in [-0.25, -0.2) is 0 Å². The molecule has 0 amide bonds. The lowest BCUT2D eigenvalue weighted by atomic mass is 9.92. The fourth-order valence-electron chi connectivity index (χ4n) is 2.83. The van der Waals surface area contributed by atoms with E-state index >= 15 is 0 Å². The molecule has 0 saturated carbocycles. The predicted molar refractivity (Wildman–Crippen MR) is 89.6 cm³/mol. The van der Waals surface area contributed by atoms with Crippen LogP contribution in [0.4, 0.5) is 5.69 Å². The minimum atomic E-state index is 0.729. The molecule has 2 heteroatoms. The highest BCUT2D eigenvalue weighted by Gasteiger charge is 2.16. The molecule has 1 aromatic carbocycles. The number of hydrogen-bond donors (Lipinski definition) is 1. The van der Waals surface area contributed by atoms with Crippen LogP contribution in [0.2, 0.25) is 0 Å². The van der Waals surface area contributed by atoms with Crippen LogP contribution in [0, 0.1) is 12.8 Å². The van der Waals surface area contributed by atoms with Crippen LogP contribution in [0.25, 0.3) is 11.6 Å². The summed E-state index contributed by atoms with van der Waals surface area (Å²) in [4.78, 5) is 2.52. The summed E-state index contributed by atoms with van der Waals surface area (Å²) in [7, 11) is 0. The molecular weight excluding hydrogens is 244 g/mol. The van der Waals surface area contributed by atoms with Gasteiger partial charge in [0.05, 0.1) is 0 Å². The summed E-state index contributed by atoms with van der Waals surface area (Å²) in [6, 6.07) is 4.25. The molecule has 0 unspecified atom stereocenters. The topological polar surface area (TPSA) is 29.3 Å². The third-order valence-corrected chi connectivity index (χ3v) is 3.92. The molecule has 0 saturated heterocycles. The molecule has 0 aliphatic carbocycles. The SMILES string of the molecule is C=Cc1cc(N)c(C)cc1C1=CCN(CC(C)C)CC1. The second-order valence-corrected chi connectivity index (χ2v) is 6.13. The second-order valence-electron chi connectivity index (χ2n) is 6.13. The Labute approximate surface area is 123 Å². The van der Waals surface area contributed by atoms with Crippen LogP contribution >= 0.6 is 0 Å².